The molecule has 1 aromatic heterocycles. The first-order valence-electron chi connectivity index (χ1n) is 7.56. The van der Waals surface area contributed by atoms with Crippen molar-refractivity contribution in [2.75, 3.05) is 7.11 Å². The standard InChI is InChI=1S/C17H13Cl3N4O3/c1-26-13-3-2-8(15-16(17(21)25)23-24-22-15)4-9(13)7-27-14-6-11(19)10(18)5-12(14)20/h2-6H,7H2,1H3,(H2,21,25)(H,22,23,24). The molecule has 1 heterocycles. The second-order valence-corrected chi connectivity index (χ2v) is 6.62. The molecule has 3 N–H and O–H groups in total. The maximum absolute atomic E-state index is 11.5. The van der Waals surface area contributed by atoms with Crippen LogP contribution in [0.4, 0.5) is 0 Å². The lowest BCUT2D eigenvalue weighted by atomic mass is 10.1. The molecule has 3 rings (SSSR count). The highest BCUT2D eigenvalue weighted by atomic mass is 35.5. The number of amides is 1. The Hall–Kier alpha value is -2.48. The van der Waals surface area contributed by atoms with E-state index in [1.165, 1.54) is 19.2 Å². The van der Waals surface area contributed by atoms with Gasteiger partial charge in [-0.1, -0.05) is 34.8 Å². The first kappa shape index (κ1) is 19.3. The fraction of sp³-hybridized carbons (Fsp3) is 0.118. The van der Waals surface area contributed by atoms with Crippen molar-refractivity contribution in [2.24, 2.45) is 5.73 Å². The van der Waals surface area contributed by atoms with Crippen LogP contribution in [0.25, 0.3) is 11.3 Å². The van der Waals surface area contributed by atoms with Gasteiger partial charge in [-0.15, -0.1) is 0 Å². The van der Waals surface area contributed by atoms with Crippen LogP contribution in [0.2, 0.25) is 15.1 Å². The summed E-state index contributed by atoms with van der Waals surface area (Å²) in [5.41, 5.74) is 7.01. The number of aromatic amines is 1. The largest absolute Gasteiger partial charge is 0.496 e. The van der Waals surface area contributed by atoms with Gasteiger partial charge in [0.2, 0.25) is 0 Å². The molecule has 3 aromatic rings. The number of rotatable bonds is 6. The van der Waals surface area contributed by atoms with Crippen molar-refractivity contribution in [3.05, 3.63) is 56.7 Å². The van der Waals surface area contributed by atoms with Gasteiger partial charge in [0.15, 0.2) is 5.69 Å². The van der Waals surface area contributed by atoms with Crippen molar-refractivity contribution in [3.63, 3.8) is 0 Å². The van der Waals surface area contributed by atoms with E-state index in [0.717, 1.165) is 0 Å². The molecule has 0 saturated carbocycles. The zero-order valence-corrected chi connectivity index (χ0v) is 16.2. The lowest BCUT2D eigenvalue weighted by Crippen LogP contribution is -2.12. The Kier molecular flexibility index (Phi) is 5.74. The Morgan fingerprint density at radius 3 is 2.52 bits per heavy atom. The zero-order valence-electron chi connectivity index (χ0n) is 13.9. The molecule has 0 aliphatic rings. The molecule has 10 heteroatoms. The van der Waals surface area contributed by atoms with Crippen LogP contribution >= 0.6 is 34.8 Å². The molecule has 0 aliphatic heterocycles. The third kappa shape index (κ3) is 4.10. The molecule has 0 unspecified atom stereocenters. The molecule has 0 aliphatic carbocycles. The highest BCUT2D eigenvalue weighted by Gasteiger charge is 2.17. The Morgan fingerprint density at radius 2 is 1.81 bits per heavy atom. The van der Waals surface area contributed by atoms with Gasteiger partial charge in [-0.2, -0.15) is 15.4 Å². The quantitative estimate of drug-likeness (QED) is 0.576. The lowest BCUT2D eigenvalue weighted by Gasteiger charge is -2.13. The predicted molar refractivity (Wildman–Crippen MR) is 103 cm³/mol. The van der Waals surface area contributed by atoms with Crippen LogP contribution in [0.1, 0.15) is 16.1 Å². The maximum atomic E-state index is 11.5. The van der Waals surface area contributed by atoms with Gasteiger partial charge < -0.3 is 15.2 Å². The summed E-state index contributed by atoms with van der Waals surface area (Å²) in [5.74, 6) is 0.270. The summed E-state index contributed by atoms with van der Waals surface area (Å²) in [7, 11) is 1.54. The first-order chi connectivity index (χ1) is 12.9. The Labute approximate surface area is 169 Å². The third-order valence-corrected chi connectivity index (χ3v) is 4.71. The number of hydrogen-bond donors (Lipinski definition) is 2. The monoisotopic (exact) mass is 426 g/mol. The molecule has 7 nitrogen and oxygen atoms in total. The normalized spacial score (nSPS) is 10.7. The number of ether oxygens (including phenoxy) is 2. The Morgan fingerprint density at radius 1 is 1.07 bits per heavy atom. The van der Waals surface area contributed by atoms with Crippen molar-refractivity contribution < 1.29 is 14.3 Å². The molecule has 1 amide bonds. The molecular formula is C17H13Cl3N4O3. The minimum atomic E-state index is -0.685. The summed E-state index contributed by atoms with van der Waals surface area (Å²) < 4.78 is 11.1. The number of nitrogens with one attached hydrogen (secondary N) is 1. The van der Waals surface area contributed by atoms with E-state index in [1.807, 2.05) is 0 Å². The molecule has 0 atom stereocenters. The molecule has 2 aromatic carbocycles. The molecule has 140 valence electrons. The highest BCUT2D eigenvalue weighted by Crippen LogP contribution is 2.35. The average Bonchev–Trinajstić information content (AvgIpc) is 3.13. The maximum Gasteiger partial charge on any atom is 0.271 e. The van der Waals surface area contributed by atoms with Crippen molar-refractivity contribution >= 4 is 40.7 Å². The molecule has 0 radical (unpaired) electrons. The van der Waals surface area contributed by atoms with Crippen LogP contribution in [0.5, 0.6) is 11.5 Å². The number of carbonyl (C=O) groups is 1. The fourth-order valence-corrected chi connectivity index (χ4v) is 3.00. The number of aromatic nitrogens is 3. The Bertz CT molecular complexity index is 1010. The van der Waals surface area contributed by atoms with Crippen molar-refractivity contribution in [1.82, 2.24) is 15.4 Å². The van der Waals surface area contributed by atoms with Crippen molar-refractivity contribution in [3.8, 4) is 22.8 Å². The van der Waals surface area contributed by atoms with Gasteiger partial charge in [-0.05, 0) is 24.3 Å². The average molecular weight is 428 g/mol. The summed E-state index contributed by atoms with van der Waals surface area (Å²) in [6.45, 7) is 0.123. The smallest absolute Gasteiger partial charge is 0.271 e. The van der Waals surface area contributed by atoms with Crippen LogP contribution < -0.4 is 15.2 Å². The van der Waals surface area contributed by atoms with E-state index in [9.17, 15) is 4.79 Å². The van der Waals surface area contributed by atoms with Crippen LogP contribution in [-0.4, -0.2) is 28.4 Å². The van der Waals surface area contributed by atoms with E-state index in [1.54, 1.807) is 18.2 Å². The van der Waals surface area contributed by atoms with E-state index in [-0.39, 0.29) is 12.3 Å². The SMILES string of the molecule is COc1ccc(-c2n[nH]nc2C(N)=O)cc1COc1cc(Cl)c(Cl)cc1Cl. The van der Waals surface area contributed by atoms with Gasteiger partial charge in [0.1, 0.15) is 23.8 Å². The number of nitrogens with two attached hydrogens (primary N) is 1. The minimum Gasteiger partial charge on any atom is -0.496 e. The van der Waals surface area contributed by atoms with E-state index < -0.39 is 5.91 Å². The van der Waals surface area contributed by atoms with Gasteiger partial charge in [0.25, 0.3) is 5.91 Å². The molecular weight excluding hydrogens is 415 g/mol. The molecule has 0 saturated heterocycles. The van der Waals surface area contributed by atoms with Gasteiger partial charge in [0.05, 0.1) is 22.2 Å². The lowest BCUT2D eigenvalue weighted by molar-refractivity contribution is 0.0996. The summed E-state index contributed by atoms with van der Waals surface area (Å²) in [4.78, 5) is 11.5. The number of halogens is 3. The zero-order chi connectivity index (χ0) is 19.6. The van der Waals surface area contributed by atoms with E-state index >= 15 is 0 Å². The Balaban J connectivity index is 1.92. The van der Waals surface area contributed by atoms with Crippen LogP contribution in [0, 0.1) is 0 Å². The molecule has 27 heavy (non-hydrogen) atoms. The second kappa shape index (κ2) is 8.04. The summed E-state index contributed by atoms with van der Waals surface area (Å²) in [6, 6.07) is 8.26. The van der Waals surface area contributed by atoms with Gasteiger partial charge in [-0.25, -0.2) is 0 Å². The molecule has 0 spiro atoms. The van der Waals surface area contributed by atoms with E-state index in [0.29, 0.717) is 43.4 Å². The van der Waals surface area contributed by atoms with Crippen LogP contribution in [0.15, 0.2) is 30.3 Å². The number of carbonyl (C=O) groups excluding carboxylic acids is 1. The summed E-state index contributed by atoms with van der Waals surface area (Å²) in [6.07, 6.45) is 0. The number of benzene rings is 2. The number of nitrogens with zero attached hydrogens (tertiary/aromatic N) is 2. The summed E-state index contributed by atoms with van der Waals surface area (Å²) >= 11 is 18.1. The predicted octanol–water partition coefficient (Wildman–Crippen LogP) is 4.12. The van der Waals surface area contributed by atoms with Crippen LogP contribution in [-0.2, 0) is 6.61 Å². The van der Waals surface area contributed by atoms with Gasteiger partial charge in [0, 0.05) is 17.2 Å². The number of hydrogen-bond acceptors (Lipinski definition) is 5. The first-order valence-corrected chi connectivity index (χ1v) is 8.69. The van der Waals surface area contributed by atoms with Crippen molar-refractivity contribution in [1.29, 1.82) is 0 Å². The third-order valence-electron chi connectivity index (χ3n) is 3.69. The topological polar surface area (TPSA) is 103 Å². The number of methoxy groups -OCH3 is 1. The number of H-pyrrole nitrogens is 1. The van der Waals surface area contributed by atoms with E-state index in [2.05, 4.69) is 15.4 Å². The molecule has 0 fully saturated rings. The fourth-order valence-electron chi connectivity index (χ4n) is 2.41. The summed E-state index contributed by atoms with van der Waals surface area (Å²) in [5, 5.41) is 11.1. The van der Waals surface area contributed by atoms with Crippen LogP contribution in [0.3, 0.4) is 0 Å². The second-order valence-electron chi connectivity index (χ2n) is 5.40. The van der Waals surface area contributed by atoms with E-state index in [4.69, 9.17) is 50.0 Å². The van der Waals surface area contributed by atoms with Gasteiger partial charge >= 0.3 is 0 Å². The highest BCUT2D eigenvalue weighted by molar-refractivity contribution is 6.43. The minimum absolute atomic E-state index is 0.0413. The van der Waals surface area contributed by atoms with Crippen molar-refractivity contribution in [2.45, 2.75) is 6.61 Å². The number of primary amides is 1. The van der Waals surface area contributed by atoms with Gasteiger partial charge in [-0.3, -0.25) is 4.79 Å². The molecule has 0 bridgehead atoms.